The van der Waals surface area contributed by atoms with E-state index in [1.807, 2.05) is 30.3 Å². The largest absolute Gasteiger partial charge is 0.496 e. The quantitative estimate of drug-likeness (QED) is 0.280. The number of amides is 3. The molecular formula is C22H17N3O6. The summed E-state index contributed by atoms with van der Waals surface area (Å²) >= 11 is 0. The molecule has 1 aliphatic rings. The minimum Gasteiger partial charge on any atom is -0.496 e. The van der Waals surface area contributed by atoms with Gasteiger partial charge in [0.25, 0.3) is 11.6 Å². The minimum atomic E-state index is -0.521. The Hall–Kier alpha value is -4.40. The molecule has 9 nitrogen and oxygen atoms in total. The van der Waals surface area contributed by atoms with Crippen LogP contribution >= 0.6 is 0 Å². The lowest BCUT2D eigenvalue weighted by molar-refractivity contribution is -0.384. The molecule has 156 valence electrons. The molecule has 1 aromatic heterocycles. The Bertz CT molecular complexity index is 1200. The molecule has 9 heteroatoms. The summed E-state index contributed by atoms with van der Waals surface area (Å²) in [5.41, 5.74) is 1.19. The predicted octanol–water partition coefficient (Wildman–Crippen LogP) is 3.96. The van der Waals surface area contributed by atoms with E-state index in [0.29, 0.717) is 22.8 Å². The molecule has 0 spiro atoms. The first-order valence-electron chi connectivity index (χ1n) is 9.27. The summed E-state index contributed by atoms with van der Waals surface area (Å²) < 4.78 is 11.0. The molecule has 2 aromatic carbocycles. The van der Waals surface area contributed by atoms with Gasteiger partial charge in [-0.15, -0.1) is 0 Å². The van der Waals surface area contributed by atoms with Crippen molar-refractivity contribution in [1.29, 1.82) is 0 Å². The molecule has 0 atom stereocenters. The molecule has 0 radical (unpaired) electrons. The zero-order valence-corrected chi connectivity index (χ0v) is 16.4. The van der Waals surface area contributed by atoms with Gasteiger partial charge in [-0.05, 0) is 23.8 Å². The van der Waals surface area contributed by atoms with Crippen molar-refractivity contribution in [3.63, 3.8) is 0 Å². The molecule has 0 saturated carbocycles. The Kier molecular flexibility index (Phi) is 5.23. The highest BCUT2D eigenvalue weighted by molar-refractivity contribution is 6.13. The smallest absolute Gasteiger partial charge is 0.329 e. The Morgan fingerprint density at radius 2 is 1.90 bits per heavy atom. The van der Waals surface area contributed by atoms with Crippen LogP contribution in [0.1, 0.15) is 11.3 Å². The predicted molar refractivity (Wildman–Crippen MR) is 111 cm³/mol. The molecule has 1 saturated heterocycles. The maximum atomic E-state index is 12.7. The lowest BCUT2D eigenvalue weighted by Gasteiger charge is -2.11. The third-order valence-corrected chi connectivity index (χ3v) is 4.72. The first-order chi connectivity index (χ1) is 15.0. The molecule has 0 unspecified atom stereocenters. The van der Waals surface area contributed by atoms with Gasteiger partial charge in [-0.25, -0.2) is 4.79 Å². The topological polar surface area (TPSA) is 115 Å². The number of carbonyl (C=O) groups excluding carboxylic acids is 2. The second-order valence-corrected chi connectivity index (χ2v) is 6.71. The van der Waals surface area contributed by atoms with Gasteiger partial charge >= 0.3 is 6.03 Å². The Morgan fingerprint density at radius 1 is 1.13 bits per heavy atom. The van der Waals surface area contributed by atoms with E-state index in [-0.39, 0.29) is 17.9 Å². The number of ether oxygens (including phenoxy) is 1. The number of nitrogens with one attached hydrogen (secondary N) is 1. The van der Waals surface area contributed by atoms with Gasteiger partial charge < -0.3 is 14.5 Å². The number of carbonyl (C=O) groups is 2. The monoisotopic (exact) mass is 419 g/mol. The van der Waals surface area contributed by atoms with Crippen LogP contribution in [0.2, 0.25) is 0 Å². The van der Waals surface area contributed by atoms with Crippen molar-refractivity contribution in [2.45, 2.75) is 6.54 Å². The van der Waals surface area contributed by atoms with Crippen LogP contribution in [0.25, 0.3) is 17.4 Å². The second-order valence-electron chi connectivity index (χ2n) is 6.71. The molecule has 3 aromatic rings. The lowest BCUT2D eigenvalue weighted by atomic mass is 10.1. The first-order valence-corrected chi connectivity index (χ1v) is 9.27. The zero-order valence-electron chi connectivity index (χ0n) is 16.4. The van der Waals surface area contributed by atoms with E-state index in [4.69, 9.17) is 9.15 Å². The maximum absolute atomic E-state index is 12.7. The number of nitrogens with zero attached hydrogens (tertiary/aromatic N) is 2. The molecule has 0 bridgehead atoms. The Balaban J connectivity index is 1.59. The standard InChI is InChI=1S/C22H17N3O6/c1-30-19-9-7-15(25(28)29)11-17(19)20-10-8-16(31-20)12-18-21(26)24(22(27)23-18)13-14-5-3-2-4-6-14/h2-12H,13H2,1H3,(H,23,27)/b18-12+. The van der Waals surface area contributed by atoms with Gasteiger partial charge in [-0.3, -0.25) is 19.8 Å². The Labute approximate surface area is 176 Å². The van der Waals surface area contributed by atoms with Crippen LogP contribution in [0, 0.1) is 10.1 Å². The Morgan fingerprint density at radius 3 is 2.61 bits per heavy atom. The van der Waals surface area contributed by atoms with Crippen LogP contribution in [-0.2, 0) is 11.3 Å². The average molecular weight is 419 g/mol. The van der Waals surface area contributed by atoms with Crippen LogP contribution in [0.15, 0.2) is 70.8 Å². The number of non-ortho nitro benzene ring substituents is 1. The number of urea groups is 1. The number of nitro groups is 1. The van der Waals surface area contributed by atoms with Gasteiger partial charge in [-0.2, -0.15) is 0 Å². The van der Waals surface area contributed by atoms with Gasteiger partial charge in [0.2, 0.25) is 0 Å². The maximum Gasteiger partial charge on any atom is 0.329 e. The molecule has 2 heterocycles. The fraction of sp³-hybridized carbons (Fsp3) is 0.0909. The molecule has 3 amide bonds. The van der Waals surface area contributed by atoms with Crippen molar-refractivity contribution in [2.24, 2.45) is 0 Å². The van der Waals surface area contributed by atoms with Crippen molar-refractivity contribution < 1.29 is 23.7 Å². The minimum absolute atomic E-state index is 0.0767. The highest BCUT2D eigenvalue weighted by Gasteiger charge is 2.33. The number of nitro benzene ring substituents is 1. The third kappa shape index (κ3) is 4.01. The van der Waals surface area contributed by atoms with Crippen molar-refractivity contribution >= 4 is 23.7 Å². The van der Waals surface area contributed by atoms with E-state index in [0.717, 1.165) is 10.5 Å². The summed E-state index contributed by atoms with van der Waals surface area (Å²) in [6.07, 6.45) is 1.42. The summed E-state index contributed by atoms with van der Waals surface area (Å²) in [6, 6.07) is 16.0. The second kappa shape index (κ2) is 8.15. The highest BCUT2D eigenvalue weighted by Crippen LogP contribution is 2.34. The van der Waals surface area contributed by atoms with Crippen LogP contribution < -0.4 is 10.1 Å². The lowest BCUT2D eigenvalue weighted by Crippen LogP contribution is -2.30. The molecule has 1 N–H and O–H groups in total. The molecule has 0 aliphatic carbocycles. The SMILES string of the molecule is COc1ccc([N+](=O)[O-])cc1-c1ccc(/C=C2/NC(=O)N(Cc3ccccc3)C2=O)o1. The summed E-state index contributed by atoms with van der Waals surface area (Å²) in [7, 11) is 1.45. The van der Waals surface area contributed by atoms with E-state index >= 15 is 0 Å². The summed E-state index contributed by atoms with van der Waals surface area (Å²) in [5, 5.41) is 13.6. The number of hydrogen-bond donors (Lipinski definition) is 1. The molecule has 31 heavy (non-hydrogen) atoms. The van der Waals surface area contributed by atoms with Crippen molar-refractivity contribution in [3.8, 4) is 17.1 Å². The van der Waals surface area contributed by atoms with Crippen LogP contribution in [0.4, 0.5) is 10.5 Å². The number of furan rings is 1. The van der Waals surface area contributed by atoms with Gasteiger partial charge in [-0.1, -0.05) is 30.3 Å². The van der Waals surface area contributed by atoms with E-state index < -0.39 is 16.9 Å². The van der Waals surface area contributed by atoms with Crippen molar-refractivity contribution in [3.05, 3.63) is 87.8 Å². The van der Waals surface area contributed by atoms with Crippen LogP contribution in [0.5, 0.6) is 5.75 Å². The summed E-state index contributed by atoms with van der Waals surface area (Å²) in [6.45, 7) is 0.150. The number of imide groups is 1. The fourth-order valence-electron chi connectivity index (χ4n) is 3.20. The summed E-state index contributed by atoms with van der Waals surface area (Å²) in [5.74, 6) is 0.553. The van der Waals surface area contributed by atoms with Gasteiger partial charge in [0.1, 0.15) is 23.0 Å². The highest BCUT2D eigenvalue weighted by atomic mass is 16.6. The van der Waals surface area contributed by atoms with Crippen LogP contribution in [0.3, 0.4) is 0 Å². The van der Waals surface area contributed by atoms with Gasteiger partial charge in [0.15, 0.2) is 0 Å². The third-order valence-electron chi connectivity index (χ3n) is 4.72. The summed E-state index contributed by atoms with van der Waals surface area (Å²) in [4.78, 5) is 36.6. The molecule has 1 fully saturated rings. The normalized spacial score (nSPS) is 14.7. The van der Waals surface area contributed by atoms with E-state index in [1.165, 1.54) is 31.4 Å². The molecule has 1 aliphatic heterocycles. The number of benzene rings is 2. The zero-order chi connectivity index (χ0) is 22.0. The van der Waals surface area contributed by atoms with E-state index in [1.54, 1.807) is 12.1 Å². The van der Waals surface area contributed by atoms with Gasteiger partial charge in [0, 0.05) is 18.2 Å². The molecule has 4 rings (SSSR count). The fourth-order valence-corrected chi connectivity index (χ4v) is 3.20. The number of methoxy groups -OCH3 is 1. The first kappa shape index (κ1) is 19.9. The number of rotatable bonds is 6. The van der Waals surface area contributed by atoms with E-state index in [2.05, 4.69) is 5.32 Å². The average Bonchev–Trinajstić information content (AvgIpc) is 3.34. The van der Waals surface area contributed by atoms with Crippen molar-refractivity contribution in [1.82, 2.24) is 10.2 Å². The van der Waals surface area contributed by atoms with Crippen molar-refractivity contribution in [2.75, 3.05) is 7.11 Å². The van der Waals surface area contributed by atoms with Gasteiger partial charge in [0.05, 0.1) is 24.1 Å². The van der Waals surface area contributed by atoms with E-state index in [9.17, 15) is 19.7 Å². The van der Waals surface area contributed by atoms with Crippen LogP contribution in [-0.4, -0.2) is 28.9 Å². The molecular weight excluding hydrogens is 402 g/mol. The number of hydrogen-bond acceptors (Lipinski definition) is 6.